The van der Waals surface area contributed by atoms with E-state index in [2.05, 4.69) is 15.5 Å². The number of anilines is 1. The fourth-order valence-electron chi connectivity index (χ4n) is 5.08. The minimum absolute atomic E-state index is 0.00462. The Bertz CT molecular complexity index is 1350. The first-order valence-electron chi connectivity index (χ1n) is 12.0. The standard InChI is InChI=1S/C25H29F3N6O2/c1-13(2)21-31-32-23-30-20(29-15(4)16-7-6-8-18(14(16)3)25(26,27)28)17-9-33(10-19(17)34(21)23)22(35)24(5)11-36-12-24/h6-8,13,15H,9-12H2,1-5H3,(H,29,30,32). The molecule has 1 unspecified atom stereocenters. The maximum Gasteiger partial charge on any atom is 0.416 e. The normalized spacial score (nSPS) is 17.9. The van der Waals surface area contributed by atoms with Crippen LogP contribution in [0.4, 0.5) is 19.0 Å². The molecule has 0 aliphatic carbocycles. The first-order valence-corrected chi connectivity index (χ1v) is 12.0. The number of rotatable bonds is 5. The molecule has 0 bridgehead atoms. The van der Waals surface area contributed by atoms with E-state index in [9.17, 15) is 18.0 Å². The summed E-state index contributed by atoms with van der Waals surface area (Å²) in [6.07, 6.45) is -4.44. The first-order chi connectivity index (χ1) is 16.9. The molecule has 1 saturated heterocycles. The number of nitrogens with one attached hydrogen (secondary N) is 1. The van der Waals surface area contributed by atoms with Crippen molar-refractivity contribution in [1.82, 2.24) is 24.5 Å². The van der Waals surface area contributed by atoms with Crippen molar-refractivity contribution in [1.29, 1.82) is 0 Å². The number of alkyl halides is 3. The van der Waals surface area contributed by atoms with Crippen LogP contribution in [-0.4, -0.2) is 43.6 Å². The summed E-state index contributed by atoms with van der Waals surface area (Å²) >= 11 is 0. The summed E-state index contributed by atoms with van der Waals surface area (Å²) in [5.74, 6) is 1.72. The Morgan fingerprint density at radius 3 is 2.50 bits per heavy atom. The van der Waals surface area contributed by atoms with Gasteiger partial charge in [0.05, 0.1) is 49.0 Å². The Hall–Kier alpha value is -3.21. The van der Waals surface area contributed by atoms with Gasteiger partial charge in [-0.05, 0) is 38.0 Å². The van der Waals surface area contributed by atoms with Gasteiger partial charge in [-0.2, -0.15) is 18.2 Å². The topological polar surface area (TPSA) is 84.7 Å². The van der Waals surface area contributed by atoms with E-state index in [1.54, 1.807) is 17.9 Å². The van der Waals surface area contributed by atoms with E-state index in [1.807, 2.05) is 25.2 Å². The van der Waals surface area contributed by atoms with Crippen LogP contribution >= 0.6 is 0 Å². The van der Waals surface area contributed by atoms with Crippen LogP contribution in [0.15, 0.2) is 18.2 Å². The van der Waals surface area contributed by atoms with Crippen molar-refractivity contribution in [2.75, 3.05) is 18.5 Å². The Labute approximate surface area is 206 Å². The second kappa shape index (κ2) is 8.43. The summed E-state index contributed by atoms with van der Waals surface area (Å²) in [7, 11) is 0. The number of ether oxygens (including phenoxy) is 1. The van der Waals surface area contributed by atoms with Crippen molar-refractivity contribution >= 4 is 17.5 Å². The molecule has 8 nitrogen and oxygen atoms in total. The fourth-order valence-corrected chi connectivity index (χ4v) is 5.08. The van der Waals surface area contributed by atoms with Crippen LogP contribution in [0.25, 0.3) is 5.78 Å². The van der Waals surface area contributed by atoms with Gasteiger partial charge in [-0.25, -0.2) is 0 Å². The van der Waals surface area contributed by atoms with Gasteiger partial charge in [-0.3, -0.25) is 9.20 Å². The fraction of sp³-hybridized carbons (Fsp3) is 0.520. The SMILES string of the molecule is Cc1c(C(C)Nc2nc3nnc(C(C)C)n3c3c2CN(C(=O)C2(C)COC2)C3)cccc1C(F)(F)F. The third-order valence-corrected chi connectivity index (χ3v) is 7.14. The lowest BCUT2D eigenvalue weighted by molar-refractivity contribution is -0.169. The van der Waals surface area contributed by atoms with Crippen LogP contribution in [0.5, 0.6) is 0 Å². The van der Waals surface area contributed by atoms with Gasteiger partial charge in [0.25, 0.3) is 5.78 Å². The highest BCUT2D eigenvalue weighted by Crippen LogP contribution is 2.38. The third kappa shape index (κ3) is 3.89. The molecular formula is C25H29F3N6O2. The predicted octanol–water partition coefficient (Wildman–Crippen LogP) is 4.63. The molecule has 1 atom stereocenters. The zero-order chi connectivity index (χ0) is 26.0. The predicted molar refractivity (Wildman–Crippen MR) is 126 cm³/mol. The number of amides is 1. The smallest absolute Gasteiger partial charge is 0.379 e. The molecule has 2 aliphatic rings. The van der Waals surface area contributed by atoms with Crippen molar-refractivity contribution in [3.63, 3.8) is 0 Å². The van der Waals surface area contributed by atoms with Crippen molar-refractivity contribution in [2.45, 2.75) is 65.8 Å². The highest BCUT2D eigenvalue weighted by atomic mass is 19.4. The van der Waals surface area contributed by atoms with Crippen LogP contribution in [-0.2, 0) is 28.8 Å². The lowest BCUT2D eigenvalue weighted by Gasteiger charge is -2.39. The molecule has 1 aromatic carbocycles. The minimum Gasteiger partial charge on any atom is -0.379 e. The van der Waals surface area contributed by atoms with E-state index in [4.69, 9.17) is 9.72 Å². The second-order valence-electron chi connectivity index (χ2n) is 10.3. The van der Waals surface area contributed by atoms with Crippen LogP contribution in [0.3, 0.4) is 0 Å². The van der Waals surface area contributed by atoms with Crippen molar-refractivity contribution in [2.24, 2.45) is 5.41 Å². The number of nitrogens with zero attached hydrogens (tertiary/aromatic N) is 5. The highest BCUT2D eigenvalue weighted by molar-refractivity contribution is 5.84. The van der Waals surface area contributed by atoms with Gasteiger partial charge in [-0.1, -0.05) is 26.0 Å². The quantitative estimate of drug-likeness (QED) is 0.548. The van der Waals surface area contributed by atoms with Gasteiger partial charge in [0, 0.05) is 11.5 Å². The molecule has 0 spiro atoms. The lowest BCUT2D eigenvalue weighted by Crippen LogP contribution is -2.52. The zero-order valence-electron chi connectivity index (χ0n) is 20.9. The third-order valence-electron chi connectivity index (χ3n) is 7.14. The zero-order valence-corrected chi connectivity index (χ0v) is 20.9. The first kappa shape index (κ1) is 24.5. The molecule has 2 aromatic heterocycles. The lowest BCUT2D eigenvalue weighted by atomic mass is 9.87. The van der Waals surface area contributed by atoms with Gasteiger partial charge in [0.15, 0.2) is 0 Å². The number of carbonyl (C=O) groups excluding carboxylic acids is 1. The van der Waals surface area contributed by atoms with Crippen LogP contribution in [0, 0.1) is 12.3 Å². The van der Waals surface area contributed by atoms with Gasteiger partial charge in [0.2, 0.25) is 5.91 Å². The number of halogens is 3. The van der Waals surface area contributed by atoms with Crippen LogP contribution in [0.1, 0.15) is 73.4 Å². The van der Waals surface area contributed by atoms with Gasteiger partial charge < -0.3 is 15.0 Å². The highest BCUT2D eigenvalue weighted by Gasteiger charge is 2.45. The molecule has 4 heterocycles. The van der Waals surface area contributed by atoms with Crippen LogP contribution in [0.2, 0.25) is 0 Å². The van der Waals surface area contributed by atoms with Gasteiger partial charge in [0.1, 0.15) is 11.6 Å². The largest absolute Gasteiger partial charge is 0.416 e. The van der Waals surface area contributed by atoms with Crippen LogP contribution < -0.4 is 5.32 Å². The summed E-state index contributed by atoms with van der Waals surface area (Å²) in [4.78, 5) is 19.8. The summed E-state index contributed by atoms with van der Waals surface area (Å²) in [5.41, 5.74) is 1.16. The second-order valence-corrected chi connectivity index (χ2v) is 10.3. The molecule has 3 aromatic rings. The van der Waals surface area contributed by atoms with E-state index in [1.165, 1.54) is 13.0 Å². The number of fused-ring (bicyclic) bond motifs is 3. The van der Waals surface area contributed by atoms with Gasteiger partial charge >= 0.3 is 6.18 Å². The molecule has 192 valence electrons. The van der Waals surface area contributed by atoms with Crippen molar-refractivity contribution in [3.05, 3.63) is 52.0 Å². The van der Waals surface area contributed by atoms with E-state index in [0.717, 1.165) is 23.1 Å². The Morgan fingerprint density at radius 1 is 1.17 bits per heavy atom. The molecule has 1 N–H and O–H groups in total. The van der Waals surface area contributed by atoms with E-state index >= 15 is 0 Å². The average Bonchev–Trinajstić information content (AvgIpc) is 3.40. The van der Waals surface area contributed by atoms with E-state index in [0.29, 0.717) is 43.5 Å². The Balaban J connectivity index is 1.55. The number of benzene rings is 1. The maximum absolute atomic E-state index is 13.5. The van der Waals surface area contributed by atoms with Crippen molar-refractivity contribution in [3.8, 4) is 0 Å². The molecule has 36 heavy (non-hydrogen) atoms. The molecule has 1 amide bonds. The number of carbonyl (C=O) groups is 1. The number of aromatic nitrogens is 4. The Morgan fingerprint density at radius 2 is 1.89 bits per heavy atom. The number of hydrogen-bond acceptors (Lipinski definition) is 6. The minimum atomic E-state index is -4.44. The molecule has 0 radical (unpaired) electrons. The van der Waals surface area contributed by atoms with Gasteiger partial charge in [-0.15, -0.1) is 10.2 Å². The monoisotopic (exact) mass is 502 g/mol. The van der Waals surface area contributed by atoms with E-state index < -0.39 is 23.2 Å². The number of hydrogen-bond donors (Lipinski definition) is 1. The molecule has 2 aliphatic heterocycles. The Kier molecular flexibility index (Phi) is 5.73. The maximum atomic E-state index is 13.5. The molecule has 0 saturated carbocycles. The van der Waals surface area contributed by atoms with Crippen molar-refractivity contribution < 1.29 is 22.7 Å². The summed E-state index contributed by atoms with van der Waals surface area (Å²) < 4.78 is 47.7. The molecule has 11 heteroatoms. The summed E-state index contributed by atoms with van der Waals surface area (Å²) in [6, 6.07) is 3.72. The molecule has 1 fully saturated rings. The summed E-state index contributed by atoms with van der Waals surface area (Å²) in [6.45, 7) is 10.7. The molecular weight excluding hydrogens is 473 g/mol. The summed E-state index contributed by atoms with van der Waals surface area (Å²) in [5, 5.41) is 11.9. The average molecular weight is 503 g/mol. The molecule has 5 rings (SSSR count). The van der Waals surface area contributed by atoms with E-state index in [-0.39, 0.29) is 17.4 Å².